The number of likely N-dealkylation sites (tertiary alicyclic amines) is 1. The molecule has 1 fully saturated rings. The van der Waals surface area contributed by atoms with Crippen LogP contribution in [0.4, 0.5) is 23.7 Å². The van der Waals surface area contributed by atoms with Crippen LogP contribution in [0.25, 0.3) is 0 Å². The number of carbonyl (C=O) groups excluding carboxylic acids is 1. The number of nitrogens with zero attached hydrogens (tertiary/aromatic N) is 2. The van der Waals surface area contributed by atoms with Crippen molar-refractivity contribution in [3.63, 3.8) is 0 Å². The van der Waals surface area contributed by atoms with Gasteiger partial charge in [-0.25, -0.2) is 4.79 Å². The molecule has 9 heteroatoms. The van der Waals surface area contributed by atoms with Crippen molar-refractivity contribution in [2.75, 3.05) is 31.1 Å². The molecule has 2 N–H and O–H groups in total. The van der Waals surface area contributed by atoms with E-state index in [9.17, 15) is 22.8 Å². The van der Waals surface area contributed by atoms with Crippen molar-refractivity contribution in [2.45, 2.75) is 25.6 Å². The van der Waals surface area contributed by atoms with Crippen LogP contribution in [-0.2, 0) is 11.2 Å². The molecule has 0 saturated carbocycles. The first-order valence-electron chi connectivity index (χ1n) is 8.85. The largest absolute Gasteiger partial charge is 0.481 e. The number of urea groups is 1. The van der Waals surface area contributed by atoms with E-state index >= 15 is 0 Å². The van der Waals surface area contributed by atoms with Gasteiger partial charge < -0.3 is 20.2 Å². The molecular weight excluding hydrogens is 363 g/mol. The van der Waals surface area contributed by atoms with Gasteiger partial charge in [-0.15, -0.1) is 0 Å². The minimum Gasteiger partial charge on any atom is -0.481 e. The summed E-state index contributed by atoms with van der Waals surface area (Å²) in [6.07, 6.45) is -3.74. The van der Waals surface area contributed by atoms with E-state index in [4.69, 9.17) is 5.11 Å². The van der Waals surface area contributed by atoms with Crippen LogP contribution in [0.2, 0.25) is 0 Å². The second kappa shape index (κ2) is 7.28. The molecule has 1 aromatic carbocycles. The smallest absolute Gasteiger partial charge is 0.394 e. The summed E-state index contributed by atoms with van der Waals surface area (Å²) < 4.78 is 39.1. The van der Waals surface area contributed by atoms with Crippen LogP contribution in [0.15, 0.2) is 24.3 Å². The van der Waals surface area contributed by atoms with Crippen LogP contribution in [0, 0.1) is 11.8 Å². The minimum atomic E-state index is -4.65. The maximum Gasteiger partial charge on any atom is 0.394 e. The van der Waals surface area contributed by atoms with Gasteiger partial charge in [-0.3, -0.25) is 4.79 Å². The van der Waals surface area contributed by atoms with E-state index in [1.165, 1.54) is 5.56 Å². The molecule has 1 aromatic rings. The standard InChI is InChI=1S/C18H22F3N3O3/c1-11(24-7-6-12-4-2-3-5-15(12)24)8-22-17(27)23-9-13(16(25)26)14(10-23)18(19,20)21/h2-5,11,13-14H,6-10H2,1H3,(H,22,27)(H,25,26)/t11?,13-,14-/m1/s1. The number of halogens is 3. The number of para-hydroxylation sites is 1. The normalized spacial score (nSPS) is 23.3. The van der Waals surface area contributed by atoms with E-state index in [1.807, 2.05) is 31.2 Å². The monoisotopic (exact) mass is 385 g/mol. The molecule has 1 saturated heterocycles. The van der Waals surface area contributed by atoms with E-state index in [-0.39, 0.29) is 12.6 Å². The molecule has 2 aliphatic rings. The lowest BCUT2D eigenvalue weighted by atomic mass is 9.96. The summed E-state index contributed by atoms with van der Waals surface area (Å²) in [4.78, 5) is 26.5. The van der Waals surface area contributed by atoms with Crippen molar-refractivity contribution in [3.8, 4) is 0 Å². The highest BCUT2D eigenvalue weighted by Crippen LogP contribution is 2.37. The number of anilines is 1. The molecule has 2 amide bonds. The second-order valence-corrected chi connectivity index (χ2v) is 7.11. The molecule has 0 aromatic heterocycles. The van der Waals surface area contributed by atoms with Gasteiger partial charge in [-0.1, -0.05) is 18.2 Å². The number of benzene rings is 1. The maximum absolute atomic E-state index is 13.0. The van der Waals surface area contributed by atoms with Crippen molar-refractivity contribution < 1.29 is 27.9 Å². The Labute approximate surface area is 154 Å². The number of carbonyl (C=O) groups is 2. The Morgan fingerprint density at radius 2 is 2.00 bits per heavy atom. The number of fused-ring (bicyclic) bond motifs is 1. The second-order valence-electron chi connectivity index (χ2n) is 7.11. The summed E-state index contributed by atoms with van der Waals surface area (Å²) in [5.41, 5.74) is 2.33. The van der Waals surface area contributed by atoms with E-state index in [1.54, 1.807) is 0 Å². The Morgan fingerprint density at radius 1 is 1.30 bits per heavy atom. The fourth-order valence-electron chi connectivity index (χ4n) is 3.83. The summed E-state index contributed by atoms with van der Waals surface area (Å²) in [6, 6.07) is 7.27. The number of nitrogens with one attached hydrogen (secondary N) is 1. The van der Waals surface area contributed by atoms with Crippen molar-refractivity contribution in [1.29, 1.82) is 0 Å². The quantitative estimate of drug-likeness (QED) is 0.835. The lowest BCUT2D eigenvalue weighted by molar-refractivity contribution is -0.187. The number of alkyl halides is 3. The van der Waals surface area contributed by atoms with Gasteiger partial charge in [-0.05, 0) is 25.0 Å². The van der Waals surface area contributed by atoms with E-state index < -0.39 is 43.1 Å². The molecule has 0 aliphatic carbocycles. The van der Waals surface area contributed by atoms with Crippen molar-refractivity contribution in [2.24, 2.45) is 11.8 Å². The van der Waals surface area contributed by atoms with Crippen molar-refractivity contribution in [3.05, 3.63) is 29.8 Å². The maximum atomic E-state index is 13.0. The molecule has 0 radical (unpaired) electrons. The van der Waals surface area contributed by atoms with E-state index in [0.29, 0.717) is 0 Å². The fourth-order valence-corrected chi connectivity index (χ4v) is 3.83. The summed E-state index contributed by atoms with van der Waals surface area (Å²) in [6.45, 7) is 1.94. The zero-order valence-corrected chi connectivity index (χ0v) is 14.9. The SMILES string of the molecule is CC(CNC(=O)N1C[C@@H](C(F)(F)F)[C@H](C(=O)O)C1)N1CCc2ccccc21. The van der Waals surface area contributed by atoms with Crippen LogP contribution in [0.5, 0.6) is 0 Å². The minimum absolute atomic E-state index is 0.0334. The van der Waals surface area contributed by atoms with Gasteiger partial charge in [-0.2, -0.15) is 13.2 Å². The summed E-state index contributed by atoms with van der Waals surface area (Å²) in [5, 5.41) is 11.7. The molecule has 3 rings (SSSR count). The Morgan fingerprint density at radius 3 is 2.63 bits per heavy atom. The predicted octanol–water partition coefficient (Wildman–Crippen LogP) is 2.34. The number of rotatable bonds is 4. The highest BCUT2D eigenvalue weighted by Gasteiger charge is 2.53. The van der Waals surface area contributed by atoms with Gasteiger partial charge in [0.25, 0.3) is 0 Å². The van der Waals surface area contributed by atoms with E-state index in [0.717, 1.165) is 23.6 Å². The summed E-state index contributed by atoms with van der Waals surface area (Å²) in [5.74, 6) is -5.20. The molecule has 27 heavy (non-hydrogen) atoms. The third-order valence-corrected chi connectivity index (χ3v) is 5.35. The summed E-state index contributed by atoms with van der Waals surface area (Å²) >= 11 is 0. The van der Waals surface area contributed by atoms with Gasteiger partial charge in [0.2, 0.25) is 0 Å². The zero-order valence-electron chi connectivity index (χ0n) is 14.9. The zero-order chi connectivity index (χ0) is 19.8. The topological polar surface area (TPSA) is 72.9 Å². The molecule has 0 spiro atoms. The fraction of sp³-hybridized carbons (Fsp3) is 0.556. The molecule has 1 unspecified atom stereocenters. The van der Waals surface area contributed by atoms with Gasteiger partial charge >= 0.3 is 18.2 Å². The van der Waals surface area contributed by atoms with Crippen LogP contribution >= 0.6 is 0 Å². The Kier molecular flexibility index (Phi) is 5.21. The average Bonchev–Trinajstić information content (AvgIpc) is 3.23. The third-order valence-electron chi connectivity index (χ3n) is 5.35. The van der Waals surface area contributed by atoms with Gasteiger partial charge in [0, 0.05) is 37.9 Å². The number of hydrogen-bond acceptors (Lipinski definition) is 3. The van der Waals surface area contributed by atoms with Gasteiger partial charge in [0.05, 0.1) is 11.8 Å². The number of aliphatic carboxylic acids is 1. The molecule has 2 aliphatic heterocycles. The first kappa shape index (κ1) is 19.3. The third kappa shape index (κ3) is 3.96. The molecule has 0 bridgehead atoms. The lowest BCUT2D eigenvalue weighted by Gasteiger charge is -2.28. The van der Waals surface area contributed by atoms with Crippen LogP contribution < -0.4 is 10.2 Å². The Balaban J connectivity index is 1.58. The Bertz CT molecular complexity index is 725. The number of carboxylic acid groups (broad SMARTS) is 1. The molecule has 148 valence electrons. The molecule has 3 atom stereocenters. The van der Waals surface area contributed by atoms with Crippen molar-refractivity contribution in [1.82, 2.24) is 10.2 Å². The Hall–Kier alpha value is -2.45. The molecular formula is C18H22F3N3O3. The van der Waals surface area contributed by atoms with Crippen LogP contribution in [0.1, 0.15) is 12.5 Å². The molecule has 6 nitrogen and oxygen atoms in total. The van der Waals surface area contributed by atoms with E-state index in [2.05, 4.69) is 10.2 Å². The van der Waals surface area contributed by atoms with Crippen LogP contribution in [-0.4, -0.2) is 60.4 Å². The number of carboxylic acids is 1. The first-order chi connectivity index (χ1) is 12.7. The van der Waals surface area contributed by atoms with Gasteiger partial charge in [0.1, 0.15) is 0 Å². The highest BCUT2D eigenvalue weighted by molar-refractivity contribution is 5.78. The average molecular weight is 385 g/mol. The lowest BCUT2D eigenvalue weighted by Crippen LogP contribution is -2.46. The first-order valence-corrected chi connectivity index (χ1v) is 8.85. The van der Waals surface area contributed by atoms with Crippen molar-refractivity contribution >= 4 is 17.7 Å². The van der Waals surface area contributed by atoms with Crippen LogP contribution in [0.3, 0.4) is 0 Å². The number of hydrogen-bond donors (Lipinski definition) is 2. The highest BCUT2D eigenvalue weighted by atomic mass is 19.4. The summed E-state index contributed by atoms with van der Waals surface area (Å²) in [7, 11) is 0. The number of amides is 2. The predicted molar refractivity (Wildman–Crippen MR) is 92.6 cm³/mol. The van der Waals surface area contributed by atoms with Gasteiger partial charge in [0.15, 0.2) is 0 Å². The molecule has 2 heterocycles.